The van der Waals surface area contributed by atoms with Gasteiger partial charge in [0.1, 0.15) is 5.58 Å². The van der Waals surface area contributed by atoms with E-state index in [4.69, 9.17) is 9.40 Å². The number of fused-ring (bicyclic) bond motifs is 12. The Balaban J connectivity index is 1.16. The number of pyridine rings is 1. The van der Waals surface area contributed by atoms with Crippen LogP contribution in [0, 0.1) is 0 Å². The number of aromatic nitrogens is 1. The molecule has 0 saturated carbocycles. The molecule has 0 aliphatic heterocycles. The van der Waals surface area contributed by atoms with Crippen molar-refractivity contribution in [2.24, 2.45) is 0 Å². The molecule has 0 radical (unpaired) electrons. The maximum atomic E-state index is 7.18. The molecule has 0 bridgehead atoms. The molecule has 0 atom stereocenters. The van der Waals surface area contributed by atoms with E-state index in [9.17, 15) is 0 Å². The molecule has 3 nitrogen and oxygen atoms in total. The Hall–Kier alpha value is -7.27. The van der Waals surface area contributed by atoms with Gasteiger partial charge in [0.15, 0.2) is 5.58 Å². The highest BCUT2D eigenvalue weighted by molar-refractivity contribution is 7.27. The Labute approximate surface area is 357 Å². The molecule has 0 aliphatic carbocycles. The molecule has 0 aliphatic rings. The van der Waals surface area contributed by atoms with Crippen LogP contribution in [-0.2, 0) is 5.41 Å². The number of furan rings is 1. The van der Waals surface area contributed by atoms with Gasteiger partial charge in [-0.05, 0) is 91.3 Å². The van der Waals surface area contributed by atoms with E-state index in [0.29, 0.717) is 0 Å². The molecule has 3 heterocycles. The molecule has 9 aromatic carbocycles. The van der Waals surface area contributed by atoms with Crippen molar-refractivity contribution < 1.29 is 4.42 Å². The van der Waals surface area contributed by atoms with Crippen LogP contribution < -0.4 is 4.90 Å². The molecule has 0 spiro atoms. The van der Waals surface area contributed by atoms with Crippen molar-refractivity contribution >= 4 is 103 Å². The van der Waals surface area contributed by atoms with Gasteiger partial charge in [-0.3, -0.25) is 4.98 Å². The summed E-state index contributed by atoms with van der Waals surface area (Å²) in [5.74, 6) is 0. The third kappa shape index (κ3) is 5.60. The van der Waals surface area contributed by atoms with E-state index in [1.54, 1.807) is 0 Å². The second-order valence-corrected chi connectivity index (χ2v) is 18.1. The fraction of sp³-hybridized carbons (Fsp3) is 0.0702. The number of hydrogen-bond donors (Lipinski definition) is 0. The molecule has 0 saturated heterocycles. The number of hydrogen-bond acceptors (Lipinski definition) is 4. The number of nitrogens with zero attached hydrogens (tertiary/aromatic N) is 2. The highest BCUT2D eigenvalue weighted by Gasteiger charge is 2.26. The van der Waals surface area contributed by atoms with E-state index < -0.39 is 0 Å². The lowest BCUT2D eigenvalue weighted by atomic mass is 9.86. The van der Waals surface area contributed by atoms with E-state index in [-0.39, 0.29) is 5.41 Å². The Morgan fingerprint density at radius 3 is 1.70 bits per heavy atom. The largest absolute Gasteiger partial charge is 0.454 e. The first kappa shape index (κ1) is 35.7. The summed E-state index contributed by atoms with van der Waals surface area (Å²) in [7, 11) is 0. The molecular weight excluding hydrogens is 761 g/mol. The molecule has 0 fully saturated rings. The van der Waals surface area contributed by atoms with Crippen LogP contribution in [0.2, 0.25) is 0 Å². The minimum absolute atomic E-state index is 0.0509. The predicted molar refractivity (Wildman–Crippen MR) is 261 cm³/mol. The Bertz CT molecular complexity index is 3690. The number of benzene rings is 9. The maximum absolute atomic E-state index is 7.18. The maximum Gasteiger partial charge on any atom is 0.159 e. The third-order valence-electron chi connectivity index (χ3n) is 12.5. The quantitative estimate of drug-likeness (QED) is 0.162. The van der Waals surface area contributed by atoms with Gasteiger partial charge in [0.05, 0.1) is 27.5 Å². The van der Waals surface area contributed by atoms with Gasteiger partial charge in [0.2, 0.25) is 0 Å². The number of anilines is 3. The van der Waals surface area contributed by atoms with Crippen molar-refractivity contribution in [2.45, 2.75) is 26.2 Å². The fourth-order valence-corrected chi connectivity index (χ4v) is 10.8. The molecule has 4 heteroatoms. The minimum atomic E-state index is 0.0509. The zero-order valence-corrected chi connectivity index (χ0v) is 34.9. The van der Waals surface area contributed by atoms with Gasteiger partial charge < -0.3 is 9.32 Å². The number of rotatable bonds is 5. The normalized spacial score (nSPS) is 12.2. The molecule has 290 valence electrons. The second kappa shape index (κ2) is 13.6. The molecule has 0 N–H and O–H groups in total. The first-order valence-electron chi connectivity index (χ1n) is 20.9. The average molecular weight is 801 g/mol. The van der Waals surface area contributed by atoms with E-state index in [0.717, 1.165) is 61.4 Å². The Morgan fingerprint density at radius 1 is 0.443 bits per heavy atom. The SMILES string of the molecule is CC(C)(C)c1ccc(-c2ccccc2N(c2cccc3c2oc2cc4c5ccccc5c5ccccc5c4cc23)c2cccc3c2sc2c(-c4ccccn4)cccc23)cc1. The second-order valence-electron chi connectivity index (χ2n) is 17.1. The number of thiophene rings is 1. The summed E-state index contributed by atoms with van der Waals surface area (Å²) in [6.07, 6.45) is 1.88. The smallest absolute Gasteiger partial charge is 0.159 e. The molecule has 12 rings (SSSR count). The van der Waals surface area contributed by atoms with Crippen molar-refractivity contribution in [3.05, 3.63) is 194 Å². The fourth-order valence-electron chi connectivity index (χ4n) is 9.51. The van der Waals surface area contributed by atoms with Crippen LogP contribution >= 0.6 is 11.3 Å². The van der Waals surface area contributed by atoms with Gasteiger partial charge in [-0.2, -0.15) is 0 Å². The van der Waals surface area contributed by atoms with Gasteiger partial charge in [-0.1, -0.05) is 160 Å². The molecule has 12 aromatic rings. The summed E-state index contributed by atoms with van der Waals surface area (Å²) in [5.41, 5.74) is 10.7. The van der Waals surface area contributed by atoms with Gasteiger partial charge in [0.25, 0.3) is 0 Å². The lowest BCUT2D eigenvalue weighted by molar-refractivity contribution is 0.590. The Morgan fingerprint density at radius 2 is 1.00 bits per heavy atom. The standard InChI is InChI=1S/C57H40N2OS/c1-57(2,3)36-30-28-35(29-31-36)37-15-8-9-25-50(37)59(52-27-14-22-44-43-21-12-23-45(55(43)61-56(44)52)49-24-10-11-32-58-49)51-26-13-20-42-48-33-46-40-18-6-4-16-38(40)39-17-5-7-19-41(39)47(46)34-53(48)60-54(42)51/h4-34H,1-3H3. The topological polar surface area (TPSA) is 29.3 Å². The lowest BCUT2D eigenvalue weighted by Gasteiger charge is -2.28. The van der Waals surface area contributed by atoms with Gasteiger partial charge in [0, 0.05) is 43.6 Å². The average Bonchev–Trinajstić information content (AvgIpc) is 3.88. The molecule has 0 amide bonds. The molecule has 0 unspecified atom stereocenters. The first-order chi connectivity index (χ1) is 29.9. The van der Waals surface area contributed by atoms with E-state index in [1.807, 2.05) is 23.6 Å². The van der Waals surface area contributed by atoms with Crippen molar-refractivity contribution in [3.63, 3.8) is 0 Å². The van der Waals surface area contributed by atoms with Crippen LogP contribution in [0.25, 0.3) is 96.8 Å². The third-order valence-corrected chi connectivity index (χ3v) is 13.8. The van der Waals surface area contributed by atoms with Crippen molar-refractivity contribution in [3.8, 4) is 22.4 Å². The van der Waals surface area contributed by atoms with Crippen LogP contribution in [0.1, 0.15) is 26.3 Å². The van der Waals surface area contributed by atoms with E-state index in [2.05, 4.69) is 202 Å². The van der Waals surface area contributed by atoms with E-state index >= 15 is 0 Å². The van der Waals surface area contributed by atoms with Crippen LogP contribution in [0.5, 0.6) is 0 Å². The summed E-state index contributed by atoms with van der Waals surface area (Å²) >= 11 is 1.84. The first-order valence-corrected chi connectivity index (χ1v) is 21.8. The van der Waals surface area contributed by atoms with Crippen LogP contribution in [0.3, 0.4) is 0 Å². The minimum Gasteiger partial charge on any atom is -0.454 e. The summed E-state index contributed by atoms with van der Waals surface area (Å²) in [6.45, 7) is 6.81. The van der Waals surface area contributed by atoms with Gasteiger partial charge >= 0.3 is 0 Å². The predicted octanol–water partition coefficient (Wildman–Crippen LogP) is 16.9. The zero-order chi connectivity index (χ0) is 40.8. The zero-order valence-electron chi connectivity index (χ0n) is 34.1. The highest BCUT2D eigenvalue weighted by Crippen LogP contribution is 2.51. The van der Waals surface area contributed by atoms with Crippen molar-refractivity contribution in [1.82, 2.24) is 4.98 Å². The molecular formula is C57H40N2OS. The van der Waals surface area contributed by atoms with Gasteiger partial charge in [-0.15, -0.1) is 11.3 Å². The van der Waals surface area contributed by atoms with Crippen LogP contribution in [0.15, 0.2) is 193 Å². The highest BCUT2D eigenvalue weighted by atomic mass is 32.1. The van der Waals surface area contributed by atoms with Crippen LogP contribution in [-0.4, -0.2) is 4.98 Å². The van der Waals surface area contributed by atoms with Crippen molar-refractivity contribution in [2.75, 3.05) is 4.90 Å². The van der Waals surface area contributed by atoms with Gasteiger partial charge in [-0.25, -0.2) is 0 Å². The molecule has 3 aromatic heterocycles. The monoisotopic (exact) mass is 800 g/mol. The van der Waals surface area contributed by atoms with Crippen molar-refractivity contribution in [1.29, 1.82) is 0 Å². The number of para-hydroxylation sites is 2. The summed E-state index contributed by atoms with van der Waals surface area (Å²) in [5, 5.41) is 12.1. The molecule has 61 heavy (non-hydrogen) atoms. The summed E-state index contributed by atoms with van der Waals surface area (Å²) in [4.78, 5) is 7.23. The van der Waals surface area contributed by atoms with Crippen LogP contribution in [0.4, 0.5) is 17.1 Å². The Kier molecular flexibility index (Phi) is 7.97. The lowest BCUT2D eigenvalue weighted by Crippen LogP contribution is -2.12. The van der Waals surface area contributed by atoms with E-state index in [1.165, 1.54) is 58.1 Å². The summed E-state index contributed by atoms with van der Waals surface area (Å²) < 4.78 is 9.61. The summed E-state index contributed by atoms with van der Waals surface area (Å²) in [6, 6.07) is 66.2.